The Bertz CT molecular complexity index is 985. The van der Waals surface area contributed by atoms with Crippen molar-refractivity contribution >= 4 is 5.97 Å². The van der Waals surface area contributed by atoms with Crippen molar-refractivity contribution in [1.29, 1.82) is 0 Å². The molecular formula is C29H39NO3. The number of terminal acetylenes is 1. The van der Waals surface area contributed by atoms with Crippen molar-refractivity contribution in [2.24, 2.45) is 0 Å². The first-order valence-corrected chi connectivity index (χ1v) is 11.7. The number of rotatable bonds is 6. The number of aromatic hydroxyl groups is 1. The molecule has 0 bridgehead atoms. The molecule has 4 heteroatoms. The summed E-state index contributed by atoms with van der Waals surface area (Å²) in [5.74, 6) is 2.39. The average Bonchev–Trinajstić information content (AvgIpc) is 2.79. The Kier molecular flexibility index (Phi) is 9.14. The summed E-state index contributed by atoms with van der Waals surface area (Å²) in [5.41, 5.74) is 5.30. The van der Waals surface area contributed by atoms with Crippen LogP contribution in [-0.4, -0.2) is 36.2 Å². The maximum Gasteiger partial charge on any atom is 0.309 e. The highest BCUT2D eigenvalue weighted by molar-refractivity contribution is 5.74. The lowest BCUT2D eigenvalue weighted by Crippen LogP contribution is -2.38. The van der Waals surface area contributed by atoms with Crippen LogP contribution in [0.3, 0.4) is 0 Å². The van der Waals surface area contributed by atoms with E-state index < -0.39 is 0 Å². The smallest absolute Gasteiger partial charge is 0.309 e. The number of phenolic OH excluding ortho intramolecular Hbond substituents is 1. The molecule has 2 unspecified atom stereocenters. The summed E-state index contributed by atoms with van der Waals surface area (Å²) in [6.45, 7) is 10.7. The summed E-state index contributed by atoms with van der Waals surface area (Å²) < 4.78 is 4.75. The lowest BCUT2D eigenvalue weighted by molar-refractivity contribution is -0.139. The minimum atomic E-state index is -0.243. The van der Waals surface area contributed by atoms with Crippen LogP contribution in [-0.2, 0) is 21.4 Å². The zero-order valence-electron chi connectivity index (χ0n) is 21.2. The van der Waals surface area contributed by atoms with Gasteiger partial charge in [-0.1, -0.05) is 51.1 Å². The van der Waals surface area contributed by atoms with Gasteiger partial charge in [0.15, 0.2) is 0 Å². The van der Waals surface area contributed by atoms with Gasteiger partial charge in [-0.2, -0.15) is 0 Å². The molecule has 0 heterocycles. The molecule has 33 heavy (non-hydrogen) atoms. The van der Waals surface area contributed by atoms with E-state index in [1.165, 1.54) is 12.7 Å². The van der Waals surface area contributed by atoms with Crippen LogP contribution in [0.1, 0.15) is 76.6 Å². The summed E-state index contributed by atoms with van der Waals surface area (Å²) >= 11 is 0. The summed E-state index contributed by atoms with van der Waals surface area (Å²) in [7, 11) is 3.58. The topological polar surface area (TPSA) is 49.8 Å². The van der Waals surface area contributed by atoms with Gasteiger partial charge >= 0.3 is 5.97 Å². The average molecular weight is 450 g/mol. The molecular weight excluding hydrogens is 410 g/mol. The van der Waals surface area contributed by atoms with Gasteiger partial charge in [0.25, 0.3) is 0 Å². The second-order valence-corrected chi connectivity index (χ2v) is 9.56. The van der Waals surface area contributed by atoms with Crippen molar-refractivity contribution in [2.45, 2.75) is 77.8 Å². The van der Waals surface area contributed by atoms with Gasteiger partial charge in [0.2, 0.25) is 0 Å². The molecule has 1 aliphatic carbocycles. The fourth-order valence-corrected chi connectivity index (χ4v) is 4.55. The molecule has 0 amide bonds. The molecule has 0 aromatic heterocycles. The second kappa shape index (κ2) is 11.4. The minimum Gasteiger partial charge on any atom is -0.508 e. The van der Waals surface area contributed by atoms with Crippen LogP contribution in [0, 0.1) is 12.3 Å². The molecule has 2 aromatic carbocycles. The van der Waals surface area contributed by atoms with Crippen LogP contribution in [0.5, 0.6) is 5.75 Å². The third-order valence-corrected chi connectivity index (χ3v) is 6.90. The van der Waals surface area contributed by atoms with Crippen molar-refractivity contribution in [1.82, 2.24) is 4.90 Å². The fraction of sp³-hybridized carbons (Fsp3) is 0.483. The van der Waals surface area contributed by atoms with E-state index in [9.17, 15) is 9.90 Å². The highest BCUT2D eigenvalue weighted by Gasteiger charge is 2.37. The number of fused-ring (bicyclic) bond motifs is 1. The van der Waals surface area contributed by atoms with Crippen LogP contribution in [0.25, 0.3) is 11.1 Å². The van der Waals surface area contributed by atoms with Crippen molar-refractivity contribution in [3.05, 3.63) is 53.1 Å². The number of phenols is 1. The number of carbonyl (C=O) groups excluding carboxylic acids is 1. The monoisotopic (exact) mass is 449 g/mol. The lowest BCUT2D eigenvalue weighted by Gasteiger charge is -2.43. The number of benzene rings is 2. The van der Waals surface area contributed by atoms with E-state index in [0.717, 1.165) is 41.5 Å². The van der Waals surface area contributed by atoms with Crippen LogP contribution in [0.15, 0.2) is 36.4 Å². The van der Waals surface area contributed by atoms with Gasteiger partial charge in [-0.25, -0.2) is 0 Å². The molecule has 3 rings (SSSR count). The second-order valence-electron chi connectivity index (χ2n) is 9.56. The first-order chi connectivity index (χ1) is 15.6. The van der Waals surface area contributed by atoms with Crippen LogP contribution in [0.2, 0.25) is 0 Å². The Morgan fingerprint density at radius 3 is 2.42 bits per heavy atom. The third-order valence-electron chi connectivity index (χ3n) is 6.90. The molecule has 0 fully saturated rings. The summed E-state index contributed by atoms with van der Waals surface area (Å²) in [5, 5.41) is 11.1. The molecule has 0 saturated carbocycles. The van der Waals surface area contributed by atoms with Crippen LogP contribution >= 0.6 is 0 Å². The highest BCUT2D eigenvalue weighted by atomic mass is 16.5. The Labute approximate surface area is 200 Å². The van der Waals surface area contributed by atoms with E-state index in [1.807, 2.05) is 30.3 Å². The van der Waals surface area contributed by atoms with Crippen LogP contribution in [0.4, 0.5) is 0 Å². The SMILES string of the molecule is C#CC.CCC(C)N(C)C1CCC(C)(C)c2cc(-c3ccc(CC(=O)OC)cc3)cc(O)c21. The largest absolute Gasteiger partial charge is 0.508 e. The molecule has 1 aliphatic rings. The first kappa shape index (κ1) is 26.5. The fourth-order valence-electron chi connectivity index (χ4n) is 4.55. The van der Waals surface area contributed by atoms with Gasteiger partial charge in [-0.3, -0.25) is 9.69 Å². The summed E-state index contributed by atoms with van der Waals surface area (Å²) in [6, 6.07) is 12.8. The van der Waals surface area contributed by atoms with Crippen LogP contribution < -0.4 is 0 Å². The summed E-state index contributed by atoms with van der Waals surface area (Å²) in [6.07, 6.45) is 8.09. The van der Waals surface area contributed by atoms with Crippen molar-refractivity contribution in [2.75, 3.05) is 14.2 Å². The molecule has 0 spiro atoms. The van der Waals surface area contributed by atoms with E-state index >= 15 is 0 Å². The van der Waals surface area contributed by atoms with Gasteiger partial charge in [0, 0.05) is 17.6 Å². The first-order valence-electron chi connectivity index (χ1n) is 11.7. The highest BCUT2D eigenvalue weighted by Crippen LogP contribution is 2.49. The van der Waals surface area contributed by atoms with Gasteiger partial charge in [0.05, 0.1) is 13.5 Å². The number of hydrogen-bond donors (Lipinski definition) is 1. The molecule has 2 atom stereocenters. The Morgan fingerprint density at radius 2 is 1.88 bits per heavy atom. The normalized spacial score (nSPS) is 17.2. The lowest BCUT2D eigenvalue weighted by atomic mass is 9.69. The van der Waals surface area contributed by atoms with E-state index in [1.54, 1.807) is 6.92 Å². The molecule has 0 radical (unpaired) electrons. The van der Waals surface area contributed by atoms with Gasteiger partial charge < -0.3 is 9.84 Å². The number of carbonyl (C=O) groups is 1. The van der Waals surface area contributed by atoms with E-state index in [2.05, 4.69) is 58.1 Å². The number of esters is 1. The molecule has 1 N–H and O–H groups in total. The molecule has 0 saturated heterocycles. The Hall–Kier alpha value is -2.77. The number of methoxy groups -OCH3 is 1. The van der Waals surface area contributed by atoms with Crippen molar-refractivity contribution in [3.8, 4) is 29.2 Å². The zero-order valence-corrected chi connectivity index (χ0v) is 21.2. The predicted octanol–water partition coefficient (Wildman–Crippen LogP) is 6.26. The van der Waals surface area contributed by atoms with E-state index in [-0.39, 0.29) is 23.8 Å². The molecule has 2 aromatic rings. The van der Waals surface area contributed by atoms with E-state index in [4.69, 9.17) is 4.74 Å². The van der Waals surface area contributed by atoms with E-state index in [0.29, 0.717) is 11.8 Å². The maximum absolute atomic E-state index is 11.5. The zero-order chi connectivity index (χ0) is 24.8. The number of ether oxygens (including phenoxy) is 1. The van der Waals surface area contributed by atoms with Crippen molar-refractivity contribution < 1.29 is 14.6 Å². The Balaban J connectivity index is 0.00000122. The van der Waals surface area contributed by atoms with Gasteiger partial charge in [-0.05, 0) is 73.9 Å². The van der Waals surface area contributed by atoms with Gasteiger partial charge in [-0.15, -0.1) is 12.3 Å². The quantitative estimate of drug-likeness (QED) is 0.418. The number of nitrogens with zero attached hydrogens (tertiary/aromatic N) is 1. The minimum absolute atomic E-state index is 0.0143. The molecule has 178 valence electrons. The van der Waals surface area contributed by atoms with Gasteiger partial charge in [0.1, 0.15) is 5.75 Å². The predicted molar refractivity (Wildman–Crippen MR) is 136 cm³/mol. The Morgan fingerprint density at radius 1 is 1.27 bits per heavy atom. The standard InChI is InChI=1S/C26H35NO3.C3H4/c1-7-17(2)27(5)22-12-13-26(3,4)21-15-20(16-23(28)25(21)22)19-10-8-18(9-11-19)14-24(29)30-6;1-3-2/h8-11,15-17,22,28H,7,12-14H2,1-6H3;1H,2H3. The molecule has 4 nitrogen and oxygen atoms in total. The molecule has 0 aliphatic heterocycles. The number of hydrogen-bond acceptors (Lipinski definition) is 4. The maximum atomic E-state index is 11.5. The summed E-state index contributed by atoms with van der Waals surface area (Å²) in [4.78, 5) is 13.9. The third kappa shape index (κ3) is 6.18. The van der Waals surface area contributed by atoms with Crippen molar-refractivity contribution in [3.63, 3.8) is 0 Å².